The predicted octanol–water partition coefficient (Wildman–Crippen LogP) is 11.5. The highest BCUT2D eigenvalue weighted by molar-refractivity contribution is 5.19. The van der Waals surface area contributed by atoms with E-state index in [-0.39, 0.29) is 59.2 Å². The molecule has 1 saturated carbocycles. The molecule has 0 radical (unpaired) electrons. The third kappa shape index (κ3) is 16.7. The number of rotatable bonds is 28. The second-order valence-corrected chi connectivity index (χ2v) is 20.0. The van der Waals surface area contributed by atoms with Crippen molar-refractivity contribution < 1.29 is 52.5 Å². The molecule has 0 bridgehead atoms. The lowest BCUT2D eigenvalue weighted by atomic mass is 9.84. The number of aliphatic hydroxyl groups excluding tert-OH is 1. The summed E-state index contributed by atoms with van der Waals surface area (Å²) in [6.07, 6.45) is -16.1. The Morgan fingerprint density at radius 3 is 0.892 bits per heavy atom. The molecule has 2 saturated heterocycles. The highest BCUT2D eigenvalue weighted by atomic mass is 16.7. The van der Waals surface area contributed by atoms with Gasteiger partial charge in [-0.3, -0.25) is 0 Å². The summed E-state index contributed by atoms with van der Waals surface area (Å²) in [7, 11) is 0. The Morgan fingerprint density at radius 2 is 0.627 bits per heavy atom. The molecule has 2 aliphatic heterocycles. The highest BCUT2D eigenvalue weighted by Crippen LogP contribution is 2.39. The summed E-state index contributed by atoms with van der Waals surface area (Å²) in [6.45, 7) is -0.00630. The van der Waals surface area contributed by atoms with Crippen molar-refractivity contribution in [3.05, 3.63) is 257 Å². The van der Waals surface area contributed by atoms with Gasteiger partial charge < -0.3 is 52.5 Å². The van der Waals surface area contributed by atoms with Gasteiger partial charge >= 0.3 is 0 Å². The summed E-state index contributed by atoms with van der Waals surface area (Å²) in [5.41, 5.74) is 44.6. The van der Waals surface area contributed by atoms with Crippen LogP contribution in [0.2, 0.25) is 0 Å². The van der Waals surface area contributed by atoms with Gasteiger partial charge in [-0.25, -0.2) is 0 Å². The van der Waals surface area contributed by atoms with E-state index in [0.29, 0.717) is 0 Å². The molecule has 23 nitrogen and oxygen atoms in total. The summed E-state index contributed by atoms with van der Waals surface area (Å²) in [4.78, 5) is 12.4. The molecule has 6 aromatic rings. The molecule has 9 rings (SSSR count). The average Bonchev–Trinajstić information content (AvgIpc) is 3.72. The van der Waals surface area contributed by atoms with E-state index < -0.39 is 91.8 Å². The maximum atomic E-state index is 13.0. The summed E-state index contributed by atoms with van der Waals surface area (Å²) in [5, 5.41) is 29.0. The smallest absolute Gasteiger partial charge is 0.187 e. The van der Waals surface area contributed by atoms with E-state index in [0.717, 1.165) is 33.4 Å². The van der Waals surface area contributed by atoms with Gasteiger partial charge in [0, 0.05) is 19.6 Å². The largest absolute Gasteiger partial charge is 0.388 e. The van der Waals surface area contributed by atoms with E-state index in [2.05, 4.69) is 40.1 Å². The van der Waals surface area contributed by atoms with Crippen LogP contribution in [0.4, 0.5) is 0 Å². The Kier molecular flexibility index (Phi) is 22.7. The second-order valence-electron chi connectivity index (χ2n) is 20.0. The Morgan fingerprint density at radius 1 is 0.361 bits per heavy atom. The number of azide groups is 4. The molecule has 3 fully saturated rings. The van der Waals surface area contributed by atoms with Gasteiger partial charge in [0.25, 0.3) is 0 Å². The lowest BCUT2D eigenvalue weighted by molar-refractivity contribution is -0.354. The first-order valence-corrected chi connectivity index (χ1v) is 27.3. The maximum absolute atomic E-state index is 13.0. The molecule has 0 amide bonds. The van der Waals surface area contributed by atoms with E-state index in [9.17, 15) is 27.2 Å². The van der Waals surface area contributed by atoms with Crippen LogP contribution in [0.3, 0.4) is 0 Å². The molecule has 83 heavy (non-hydrogen) atoms. The summed E-state index contributed by atoms with van der Waals surface area (Å²) >= 11 is 0. The topological polar surface area (TPSA) is 308 Å². The zero-order valence-corrected chi connectivity index (χ0v) is 45.2. The van der Waals surface area contributed by atoms with Crippen molar-refractivity contribution in [2.45, 2.75) is 138 Å². The molecule has 1 aliphatic carbocycles. The van der Waals surface area contributed by atoms with Gasteiger partial charge in [-0.1, -0.05) is 202 Å². The Bertz CT molecular complexity index is 2890. The lowest BCUT2D eigenvalue weighted by Gasteiger charge is -2.50. The van der Waals surface area contributed by atoms with E-state index in [4.69, 9.17) is 47.4 Å². The summed E-state index contributed by atoms with van der Waals surface area (Å²) in [6, 6.07) is 54.4. The quantitative estimate of drug-likeness (QED) is 0.0273. The fourth-order valence-electron chi connectivity index (χ4n) is 10.4. The minimum Gasteiger partial charge on any atom is -0.388 e. The monoisotopic (exact) mass is 1130 g/mol. The Labute approximate surface area is 479 Å². The van der Waals surface area contributed by atoms with Crippen LogP contribution in [0.15, 0.2) is 202 Å². The number of ether oxygens (including phenoxy) is 10. The zero-order chi connectivity index (χ0) is 57.4. The molecule has 0 spiro atoms. The SMILES string of the molecule is [N-]=[N+]=NC[C@@H]1O[C@@H](O[C@H]2C(O)[C@@H](O[C@H]3O[C@H](CN=[N+]=[N-])[C@@H](OCc4ccccc4)[C@H](OCc4ccccc4)[C@H]3OCc3ccccc3)[C@H](N=[N+]=[N-])C[C@@H]2N=[N+]=[N-])[C@@H](OCc2ccccc2)[C@H](OCc2ccccc2)[C@H]1OCc1ccccc1. The van der Waals surface area contributed by atoms with Crippen LogP contribution in [-0.4, -0.2) is 110 Å². The second kappa shape index (κ2) is 31.5. The van der Waals surface area contributed by atoms with Crippen LogP contribution in [0.25, 0.3) is 41.8 Å². The van der Waals surface area contributed by atoms with Gasteiger partial charge in [-0.15, -0.1) is 0 Å². The van der Waals surface area contributed by atoms with Crippen molar-refractivity contribution in [3.8, 4) is 0 Å². The maximum Gasteiger partial charge on any atom is 0.187 e. The molecule has 6 aromatic carbocycles. The minimum absolute atomic E-state index is 0.0357. The Hall–Kier alpha value is -7.88. The fourth-order valence-corrected chi connectivity index (χ4v) is 10.4. The number of benzene rings is 6. The van der Waals surface area contributed by atoms with Crippen molar-refractivity contribution in [3.63, 3.8) is 0 Å². The van der Waals surface area contributed by atoms with Gasteiger partial charge in [-0.2, -0.15) is 0 Å². The molecule has 15 atom stereocenters. The van der Waals surface area contributed by atoms with E-state index >= 15 is 0 Å². The molecular formula is C60H64N12O11. The molecule has 0 aromatic heterocycles. The standard InChI is InChI=1S/C60H64N12O11/c61-69-65-32-48-53(74-34-40-19-7-1-8-20-40)55(76-36-42-23-11-3-12-24-42)57(78-38-44-27-15-5-16-28-44)59(80-48)82-51-46(67-71-63)31-47(68-72-64)52(50(51)73)83-60-58(79-39-45-29-17-6-18-30-45)56(77-37-43-25-13-4-14-26-43)54(49(81-60)33-66-70-62)75-35-41-21-9-2-10-22-41/h1-30,46-60,73H,31-39H2/t46-,47+,48-,49+,50?,51+,52-,53-,54+,55+,56-,57-,58+,59-,60+. The van der Waals surface area contributed by atoms with Crippen molar-refractivity contribution in [1.29, 1.82) is 0 Å². The van der Waals surface area contributed by atoms with E-state index in [1.807, 2.05) is 182 Å². The summed E-state index contributed by atoms with van der Waals surface area (Å²) < 4.78 is 68.1. The van der Waals surface area contributed by atoms with Crippen LogP contribution in [0.1, 0.15) is 39.8 Å². The molecule has 3 aliphatic rings. The van der Waals surface area contributed by atoms with Crippen LogP contribution in [0.5, 0.6) is 0 Å². The van der Waals surface area contributed by atoms with Crippen molar-refractivity contribution in [1.82, 2.24) is 0 Å². The van der Waals surface area contributed by atoms with Gasteiger partial charge in [0.05, 0.1) is 89.2 Å². The van der Waals surface area contributed by atoms with Crippen molar-refractivity contribution in [2.75, 3.05) is 13.1 Å². The minimum atomic E-state index is -1.79. The van der Waals surface area contributed by atoms with E-state index in [1.54, 1.807) is 0 Å². The van der Waals surface area contributed by atoms with Crippen molar-refractivity contribution in [2.24, 2.45) is 20.5 Å². The fraction of sp³-hybridized carbons (Fsp3) is 0.400. The predicted molar refractivity (Wildman–Crippen MR) is 302 cm³/mol. The van der Waals surface area contributed by atoms with Gasteiger partial charge in [0.15, 0.2) is 12.6 Å². The molecule has 1 N–H and O–H groups in total. The average molecular weight is 1130 g/mol. The highest BCUT2D eigenvalue weighted by Gasteiger charge is 2.55. The number of aliphatic hydroxyl groups is 1. The van der Waals surface area contributed by atoms with Crippen molar-refractivity contribution >= 4 is 0 Å². The molecule has 2 heterocycles. The lowest BCUT2D eigenvalue weighted by Crippen LogP contribution is -2.66. The molecule has 430 valence electrons. The first-order chi connectivity index (χ1) is 40.9. The Balaban J connectivity index is 1.09. The third-order valence-electron chi connectivity index (χ3n) is 14.4. The first kappa shape index (κ1) is 59.7. The van der Waals surface area contributed by atoms with Gasteiger partial charge in [0.2, 0.25) is 0 Å². The number of hydrogen-bond acceptors (Lipinski definition) is 15. The molecule has 23 heteroatoms. The van der Waals surface area contributed by atoms with Crippen LogP contribution in [-0.2, 0) is 87.0 Å². The zero-order valence-electron chi connectivity index (χ0n) is 45.2. The van der Waals surface area contributed by atoms with Crippen LogP contribution < -0.4 is 0 Å². The number of nitrogens with zero attached hydrogens (tertiary/aromatic N) is 12. The first-order valence-electron chi connectivity index (χ1n) is 27.3. The molecule has 1 unspecified atom stereocenters. The molecular weight excluding hydrogens is 1060 g/mol. The van der Waals surface area contributed by atoms with Crippen LogP contribution in [0, 0.1) is 0 Å². The van der Waals surface area contributed by atoms with Crippen LogP contribution >= 0.6 is 0 Å². The summed E-state index contributed by atoms with van der Waals surface area (Å²) in [5.74, 6) is 0. The third-order valence-corrected chi connectivity index (χ3v) is 14.4. The normalized spacial score (nSPS) is 27.6. The van der Waals surface area contributed by atoms with Gasteiger partial charge in [0.1, 0.15) is 42.7 Å². The van der Waals surface area contributed by atoms with E-state index in [1.165, 1.54) is 0 Å². The number of hydrogen-bond donors (Lipinski definition) is 1. The van der Waals surface area contributed by atoms with Gasteiger partial charge in [-0.05, 0) is 61.9 Å².